The van der Waals surface area contributed by atoms with Gasteiger partial charge in [0.05, 0.1) is 0 Å². The lowest BCUT2D eigenvalue weighted by Crippen LogP contribution is -2.38. The van der Waals surface area contributed by atoms with Crippen molar-refractivity contribution in [3.63, 3.8) is 0 Å². The molecule has 15 heavy (non-hydrogen) atoms. The Balaban J connectivity index is 2.27. The molecule has 1 amide bonds. The summed E-state index contributed by atoms with van der Waals surface area (Å²) in [6.07, 6.45) is 3.56. The number of aliphatic hydroxyl groups excluding tert-OH is 1. The minimum atomic E-state index is -0.0736. The van der Waals surface area contributed by atoms with Crippen LogP contribution in [-0.2, 0) is 9.59 Å². The van der Waals surface area contributed by atoms with E-state index in [4.69, 9.17) is 5.11 Å². The van der Waals surface area contributed by atoms with Gasteiger partial charge < -0.3 is 15.2 Å². The smallest absolute Gasteiger partial charge is 0.220 e. The number of hydrogen-bond donors (Lipinski definition) is 2. The van der Waals surface area contributed by atoms with E-state index in [1.54, 1.807) is 0 Å². The summed E-state index contributed by atoms with van der Waals surface area (Å²) in [5.74, 6) is 0.164. The Kier molecular flexibility index (Phi) is 4.75. The molecule has 4 nitrogen and oxygen atoms in total. The number of amides is 1. The molecular weight excluding hydrogens is 194 g/mol. The molecule has 0 aromatic rings. The van der Waals surface area contributed by atoms with Crippen molar-refractivity contribution in [3.8, 4) is 0 Å². The number of hydrogen-bond acceptors (Lipinski definition) is 3. The topological polar surface area (TPSA) is 66.4 Å². The molecule has 1 rings (SSSR count). The van der Waals surface area contributed by atoms with Gasteiger partial charge in [0.2, 0.25) is 5.91 Å². The highest BCUT2D eigenvalue weighted by Gasteiger charge is 2.27. The van der Waals surface area contributed by atoms with Gasteiger partial charge in [-0.2, -0.15) is 0 Å². The maximum Gasteiger partial charge on any atom is 0.220 e. The van der Waals surface area contributed by atoms with Crippen LogP contribution in [0.25, 0.3) is 0 Å². The monoisotopic (exact) mass is 213 g/mol. The third kappa shape index (κ3) is 4.00. The number of Topliss-reactive ketones (excluding diaryl/α,β-unsaturated/α-hetero) is 1. The van der Waals surface area contributed by atoms with E-state index in [9.17, 15) is 9.59 Å². The molecule has 2 unspecified atom stereocenters. The standard InChI is InChI=1S/C11H19NO3/c1-8(14)5-6-11(15)12-10-4-2-3-9(10)7-13/h9-10,13H,2-7H2,1H3,(H,12,15). The van der Waals surface area contributed by atoms with Crippen LogP contribution in [0.5, 0.6) is 0 Å². The number of rotatable bonds is 5. The summed E-state index contributed by atoms with van der Waals surface area (Å²) in [7, 11) is 0. The van der Waals surface area contributed by atoms with E-state index in [0.717, 1.165) is 19.3 Å². The maximum atomic E-state index is 11.4. The average molecular weight is 213 g/mol. The first-order valence-corrected chi connectivity index (χ1v) is 5.53. The minimum absolute atomic E-state index is 0.0373. The Morgan fingerprint density at radius 1 is 1.33 bits per heavy atom. The lowest BCUT2D eigenvalue weighted by molar-refractivity contribution is -0.125. The molecule has 0 bridgehead atoms. The van der Waals surface area contributed by atoms with Gasteiger partial charge in [-0.3, -0.25) is 4.79 Å². The SMILES string of the molecule is CC(=O)CCC(=O)NC1CCCC1CO. The van der Waals surface area contributed by atoms with Gasteiger partial charge in [0, 0.05) is 31.4 Å². The Hall–Kier alpha value is -0.900. The van der Waals surface area contributed by atoms with Crippen molar-refractivity contribution in [2.24, 2.45) is 5.92 Å². The number of ketones is 1. The highest BCUT2D eigenvalue weighted by Crippen LogP contribution is 2.25. The fourth-order valence-corrected chi connectivity index (χ4v) is 2.01. The predicted molar refractivity (Wildman–Crippen MR) is 56.3 cm³/mol. The van der Waals surface area contributed by atoms with Crippen molar-refractivity contribution in [2.45, 2.75) is 45.1 Å². The van der Waals surface area contributed by atoms with Gasteiger partial charge in [-0.25, -0.2) is 0 Å². The second kappa shape index (κ2) is 5.85. The Labute approximate surface area is 90.0 Å². The summed E-state index contributed by atoms with van der Waals surface area (Å²) in [6, 6.07) is 0.106. The third-order valence-electron chi connectivity index (χ3n) is 2.94. The van der Waals surface area contributed by atoms with Gasteiger partial charge in [0.25, 0.3) is 0 Å². The number of carbonyl (C=O) groups excluding carboxylic acids is 2. The first-order chi connectivity index (χ1) is 7.13. The zero-order chi connectivity index (χ0) is 11.3. The first kappa shape index (κ1) is 12.2. The number of carbonyl (C=O) groups is 2. The summed E-state index contributed by atoms with van der Waals surface area (Å²) >= 11 is 0. The summed E-state index contributed by atoms with van der Waals surface area (Å²) in [5.41, 5.74) is 0. The molecule has 2 atom stereocenters. The van der Waals surface area contributed by atoms with Crippen molar-refractivity contribution >= 4 is 11.7 Å². The summed E-state index contributed by atoms with van der Waals surface area (Å²) < 4.78 is 0. The van der Waals surface area contributed by atoms with Crippen LogP contribution >= 0.6 is 0 Å². The van der Waals surface area contributed by atoms with Gasteiger partial charge in [-0.05, 0) is 19.8 Å². The molecule has 1 aliphatic carbocycles. The highest BCUT2D eigenvalue weighted by molar-refractivity contribution is 5.83. The molecule has 0 aliphatic heterocycles. The summed E-state index contributed by atoms with van der Waals surface area (Å²) in [4.78, 5) is 22.1. The fourth-order valence-electron chi connectivity index (χ4n) is 2.01. The lowest BCUT2D eigenvalue weighted by Gasteiger charge is -2.18. The van der Waals surface area contributed by atoms with Crippen molar-refractivity contribution in [2.75, 3.05) is 6.61 Å². The minimum Gasteiger partial charge on any atom is -0.396 e. The second-order valence-corrected chi connectivity index (χ2v) is 4.25. The second-order valence-electron chi connectivity index (χ2n) is 4.25. The molecule has 0 radical (unpaired) electrons. The van der Waals surface area contributed by atoms with E-state index in [0.29, 0.717) is 6.42 Å². The van der Waals surface area contributed by atoms with E-state index >= 15 is 0 Å². The van der Waals surface area contributed by atoms with E-state index < -0.39 is 0 Å². The molecule has 2 N–H and O–H groups in total. The van der Waals surface area contributed by atoms with Crippen molar-refractivity contribution in [1.29, 1.82) is 0 Å². The zero-order valence-corrected chi connectivity index (χ0v) is 9.16. The van der Waals surface area contributed by atoms with Gasteiger partial charge in [-0.15, -0.1) is 0 Å². The first-order valence-electron chi connectivity index (χ1n) is 5.53. The molecule has 4 heteroatoms. The van der Waals surface area contributed by atoms with Gasteiger partial charge in [-0.1, -0.05) is 6.42 Å². The Morgan fingerprint density at radius 3 is 2.67 bits per heavy atom. The van der Waals surface area contributed by atoms with Gasteiger partial charge in [0.1, 0.15) is 5.78 Å². The van der Waals surface area contributed by atoms with E-state index in [2.05, 4.69) is 5.32 Å². The molecule has 0 aromatic heterocycles. The van der Waals surface area contributed by atoms with Crippen LogP contribution < -0.4 is 5.32 Å². The van der Waals surface area contributed by atoms with Crippen LogP contribution in [0.2, 0.25) is 0 Å². The van der Waals surface area contributed by atoms with Crippen LogP contribution in [0.15, 0.2) is 0 Å². The van der Waals surface area contributed by atoms with Crippen molar-refractivity contribution in [3.05, 3.63) is 0 Å². The summed E-state index contributed by atoms with van der Waals surface area (Å²) in [6.45, 7) is 1.62. The molecule has 1 saturated carbocycles. The lowest BCUT2D eigenvalue weighted by atomic mass is 10.0. The maximum absolute atomic E-state index is 11.4. The van der Waals surface area contributed by atoms with Crippen molar-refractivity contribution < 1.29 is 14.7 Å². The average Bonchev–Trinajstić information content (AvgIpc) is 2.62. The van der Waals surface area contributed by atoms with Gasteiger partial charge in [0.15, 0.2) is 0 Å². The van der Waals surface area contributed by atoms with Crippen molar-refractivity contribution in [1.82, 2.24) is 5.32 Å². The molecule has 1 fully saturated rings. The number of nitrogens with one attached hydrogen (secondary N) is 1. The van der Waals surface area contributed by atoms with E-state index in [-0.39, 0.29) is 36.7 Å². The molecule has 86 valence electrons. The van der Waals surface area contributed by atoms with E-state index in [1.165, 1.54) is 6.92 Å². The molecule has 0 aromatic carbocycles. The van der Waals surface area contributed by atoms with Crippen LogP contribution in [0.3, 0.4) is 0 Å². The van der Waals surface area contributed by atoms with Crippen LogP contribution in [0, 0.1) is 5.92 Å². The molecule has 1 aliphatic rings. The molecular formula is C11H19NO3. The number of aliphatic hydroxyl groups is 1. The van der Waals surface area contributed by atoms with Crippen LogP contribution in [-0.4, -0.2) is 29.4 Å². The van der Waals surface area contributed by atoms with Crippen LogP contribution in [0.1, 0.15) is 39.0 Å². The van der Waals surface area contributed by atoms with E-state index in [1.807, 2.05) is 0 Å². The zero-order valence-electron chi connectivity index (χ0n) is 9.16. The summed E-state index contributed by atoms with van der Waals surface area (Å²) in [5, 5.41) is 11.9. The molecule has 0 spiro atoms. The largest absolute Gasteiger partial charge is 0.396 e. The Morgan fingerprint density at radius 2 is 2.07 bits per heavy atom. The molecule has 0 saturated heterocycles. The molecule has 0 heterocycles. The van der Waals surface area contributed by atoms with Gasteiger partial charge >= 0.3 is 0 Å². The quantitative estimate of drug-likeness (QED) is 0.704. The fraction of sp³-hybridized carbons (Fsp3) is 0.818. The normalized spacial score (nSPS) is 25.2. The highest BCUT2D eigenvalue weighted by atomic mass is 16.3. The predicted octanol–water partition coefficient (Wildman–Crippen LogP) is 0.633. The Bertz CT molecular complexity index is 240. The third-order valence-corrected chi connectivity index (χ3v) is 2.94. The van der Waals surface area contributed by atoms with Crippen LogP contribution in [0.4, 0.5) is 0 Å².